The number of nitrogens with zero attached hydrogens (tertiary/aromatic N) is 4. The summed E-state index contributed by atoms with van der Waals surface area (Å²) in [5.74, 6) is -1.12. The number of aromatic nitrogens is 3. The maximum Gasteiger partial charge on any atom is 0.334 e. The summed E-state index contributed by atoms with van der Waals surface area (Å²) in [5.41, 5.74) is 2.00. The van der Waals surface area contributed by atoms with Gasteiger partial charge in [0.15, 0.2) is 11.8 Å². The van der Waals surface area contributed by atoms with Crippen LogP contribution in [0.15, 0.2) is 12.3 Å². The summed E-state index contributed by atoms with van der Waals surface area (Å²) in [6, 6.07) is 1.91. The molecule has 1 atom stereocenters. The van der Waals surface area contributed by atoms with Crippen molar-refractivity contribution in [2.45, 2.75) is 45.8 Å². The number of carbonyl (C=O) groups excluding carboxylic acids is 1. The standard InChI is InChI=1S/C18H24N4O4/c1-10(2)14-7-12(13-8-19-22(11(3)4)16(13)20-14)17(23)21-5-6-26-15(9-21)18(24)25/h7-8,10-11,15H,5-6,9H2,1-4H3,(H,24,25). The number of carboxylic acid groups (broad SMARTS) is 1. The van der Waals surface area contributed by atoms with Gasteiger partial charge in [0, 0.05) is 18.3 Å². The van der Waals surface area contributed by atoms with Crippen LogP contribution in [-0.2, 0) is 9.53 Å². The predicted molar refractivity (Wildman–Crippen MR) is 95.3 cm³/mol. The second-order valence-corrected chi connectivity index (χ2v) is 7.12. The third kappa shape index (κ3) is 3.29. The molecule has 0 spiro atoms. The molecule has 1 unspecified atom stereocenters. The van der Waals surface area contributed by atoms with Gasteiger partial charge in [-0.05, 0) is 25.8 Å². The van der Waals surface area contributed by atoms with Crippen LogP contribution >= 0.6 is 0 Å². The Hall–Kier alpha value is -2.48. The zero-order valence-corrected chi connectivity index (χ0v) is 15.5. The van der Waals surface area contributed by atoms with E-state index >= 15 is 0 Å². The predicted octanol–water partition coefficient (Wildman–Crippen LogP) is 2.06. The van der Waals surface area contributed by atoms with Gasteiger partial charge in [0.1, 0.15) is 0 Å². The minimum atomic E-state index is -1.06. The number of hydrogen-bond donors (Lipinski definition) is 1. The van der Waals surface area contributed by atoms with Crippen LogP contribution in [0.4, 0.5) is 0 Å². The molecule has 1 saturated heterocycles. The van der Waals surface area contributed by atoms with E-state index in [0.29, 0.717) is 23.1 Å². The van der Waals surface area contributed by atoms with Crippen molar-refractivity contribution in [2.75, 3.05) is 19.7 Å². The number of aliphatic carboxylic acids is 1. The summed E-state index contributed by atoms with van der Waals surface area (Å²) >= 11 is 0. The van der Waals surface area contributed by atoms with Crippen LogP contribution < -0.4 is 0 Å². The lowest BCUT2D eigenvalue weighted by Gasteiger charge is -2.31. The summed E-state index contributed by atoms with van der Waals surface area (Å²) < 4.78 is 7.02. The molecule has 2 aromatic rings. The Kier molecular flexibility index (Phi) is 4.95. The van der Waals surface area contributed by atoms with Crippen molar-refractivity contribution in [1.29, 1.82) is 0 Å². The van der Waals surface area contributed by atoms with Crippen LogP contribution in [0.1, 0.15) is 55.7 Å². The molecule has 140 valence electrons. The molecule has 0 bridgehead atoms. The molecule has 0 aromatic carbocycles. The number of morpholine rings is 1. The molecule has 0 aliphatic carbocycles. The highest BCUT2D eigenvalue weighted by Gasteiger charge is 2.31. The van der Waals surface area contributed by atoms with Crippen molar-refractivity contribution in [1.82, 2.24) is 19.7 Å². The zero-order chi connectivity index (χ0) is 19.0. The molecule has 1 amide bonds. The van der Waals surface area contributed by atoms with E-state index in [9.17, 15) is 14.7 Å². The first kappa shape index (κ1) is 18.3. The van der Waals surface area contributed by atoms with Crippen molar-refractivity contribution in [3.63, 3.8) is 0 Å². The van der Waals surface area contributed by atoms with E-state index in [1.807, 2.05) is 27.7 Å². The molecule has 3 heterocycles. The number of fused-ring (bicyclic) bond motifs is 1. The summed E-state index contributed by atoms with van der Waals surface area (Å²) in [5, 5.41) is 14.3. The molecule has 1 fully saturated rings. The topological polar surface area (TPSA) is 97.5 Å². The van der Waals surface area contributed by atoms with Gasteiger partial charge in [0.2, 0.25) is 0 Å². The van der Waals surface area contributed by atoms with Gasteiger partial charge in [-0.15, -0.1) is 0 Å². The highest BCUT2D eigenvalue weighted by molar-refractivity contribution is 6.05. The van der Waals surface area contributed by atoms with Crippen LogP contribution in [0, 0.1) is 0 Å². The van der Waals surface area contributed by atoms with Crippen LogP contribution in [0.5, 0.6) is 0 Å². The van der Waals surface area contributed by atoms with Gasteiger partial charge in [0.05, 0.1) is 30.3 Å². The average Bonchev–Trinajstić information content (AvgIpc) is 3.04. The van der Waals surface area contributed by atoms with E-state index in [0.717, 1.165) is 5.69 Å². The highest BCUT2D eigenvalue weighted by atomic mass is 16.5. The number of rotatable bonds is 4. The third-order valence-electron chi connectivity index (χ3n) is 4.53. The van der Waals surface area contributed by atoms with Gasteiger partial charge >= 0.3 is 5.97 Å². The lowest BCUT2D eigenvalue weighted by Crippen LogP contribution is -2.48. The maximum atomic E-state index is 13.1. The highest BCUT2D eigenvalue weighted by Crippen LogP contribution is 2.26. The van der Waals surface area contributed by atoms with Gasteiger partial charge in [0.25, 0.3) is 5.91 Å². The van der Waals surface area contributed by atoms with E-state index in [-0.39, 0.29) is 31.0 Å². The van der Waals surface area contributed by atoms with Gasteiger partial charge in [-0.3, -0.25) is 4.79 Å². The van der Waals surface area contributed by atoms with E-state index in [1.165, 1.54) is 4.90 Å². The first-order chi connectivity index (χ1) is 12.3. The Balaban J connectivity index is 2.05. The first-order valence-electron chi connectivity index (χ1n) is 8.81. The van der Waals surface area contributed by atoms with Crippen LogP contribution in [-0.4, -0.2) is 62.4 Å². The van der Waals surface area contributed by atoms with Crippen molar-refractivity contribution in [3.8, 4) is 0 Å². The van der Waals surface area contributed by atoms with E-state index < -0.39 is 12.1 Å². The molecule has 1 aliphatic heterocycles. The van der Waals surface area contributed by atoms with Gasteiger partial charge in [-0.2, -0.15) is 5.10 Å². The zero-order valence-electron chi connectivity index (χ0n) is 15.5. The molecule has 3 rings (SSSR count). The minimum Gasteiger partial charge on any atom is -0.479 e. The average molecular weight is 360 g/mol. The number of pyridine rings is 1. The Morgan fingerprint density at radius 2 is 2.04 bits per heavy atom. The molecule has 0 saturated carbocycles. The molecule has 1 aliphatic rings. The smallest absolute Gasteiger partial charge is 0.334 e. The van der Waals surface area contributed by atoms with Gasteiger partial charge in [-0.1, -0.05) is 13.8 Å². The number of hydrogen-bond acceptors (Lipinski definition) is 5. The van der Waals surface area contributed by atoms with Gasteiger partial charge in [-0.25, -0.2) is 14.5 Å². The number of amides is 1. The van der Waals surface area contributed by atoms with Crippen molar-refractivity contribution >= 4 is 22.9 Å². The summed E-state index contributed by atoms with van der Waals surface area (Å²) in [4.78, 5) is 30.6. The van der Waals surface area contributed by atoms with Crippen LogP contribution in [0.2, 0.25) is 0 Å². The fraction of sp³-hybridized carbons (Fsp3) is 0.556. The molecule has 8 heteroatoms. The SMILES string of the molecule is CC(C)c1cc(C(=O)N2CCOC(C(=O)O)C2)c2cnn(C(C)C)c2n1. The second kappa shape index (κ2) is 7.03. The fourth-order valence-electron chi connectivity index (χ4n) is 3.04. The minimum absolute atomic E-state index is 0.0350. The molecular formula is C18H24N4O4. The molecule has 2 aromatic heterocycles. The largest absolute Gasteiger partial charge is 0.479 e. The van der Waals surface area contributed by atoms with Crippen molar-refractivity contribution < 1.29 is 19.4 Å². The van der Waals surface area contributed by atoms with E-state index in [2.05, 4.69) is 5.10 Å². The molecular weight excluding hydrogens is 336 g/mol. The molecule has 8 nitrogen and oxygen atoms in total. The van der Waals surface area contributed by atoms with Crippen molar-refractivity contribution in [2.24, 2.45) is 0 Å². The molecule has 0 radical (unpaired) electrons. The second-order valence-electron chi connectivity index (χ2n) is 7.12. The number of ether oxygens (including phenoxy) is 1. The number of carboxylic acids is 1. The van der Waals surface area contributed by atoms with Crippen LogP contribution in [0.25, 0.3) is 11.0 Å². The Bertz CT molecular complexity index is 843. The Morgan fingerprint density at radius 3 is 2.65 bits per heavy atom. The van der Waals surface area contributed by atoms with E-state index in [4.69, 9.17) is 9.72 Å². The normalized spacial score (nSPS) is 18.1. The monoisotopic (exact) mass is 360 g/mol. The summed E-state index contributed by atoms with van der Waals surface area (Å²) in [6.07, 6.45) is 0.669. The first-order valence-corrected chi connectivity index (χ1v) is 8.81. The fourth-order valence-corrected chi connectivity index (χ4v) is 3.04. The van der Waals surface area contributed by atoms with Crippen molar-refractivity contribution in [3.05, 3.63) is 23.5 Å². The van der Waals surface area contributed by atoms with Gasteiger partial charge < -0.3 is 14.7 Å². The lowest BCUT2D eigenvalue weighted by atomic mass is 10.0. The molecule has 1 N–H and O–H groups in total. The summed E-state index contributed by atoms with van der Waals surface area (Å²) in [6.45, 7) is 8.67. The van der Waals surface area contributed by atoms with Crippen LogP contribution in [0.3, 0.4) is 0 Å². The quantitative estimate of drug-likeness (QED) is 0.896. The Morgan fingerprint density at radius 1 is 1.31 bits per heavy atom. The summed E-state index contributed by atoms with van der Waals surface area (Å²) in [7, 11) is 0. The third-order valence-corrected chi connectivity index (χ3v) is 4.53. The lowest BCUT2D eigenvalue weighted by molar-refractivity contribution is -0.154. The molecule has 26 heavy (non-hydrogen) atoms. The number of carbonyl (C=O) groups is 2. The maximum absolute atomic E-state index is 13.1. The van der Waals surface area contributed by atoms with E-state index in [1.54, 1.807) is 16.9 Å². The Labute approximate surface area is 151 Å².